The number of para-hydroxylation sites is 2. The zero-order valence-electron chi connectivity index (χ0n) is 32.2. The van der Waals surface area contributed by atoms with Gasteiger partial charge in [-0.15, -0.1) is 0 Å². The Bertz CT molecular complexity index is 1280. The molecular weight excluding hydrogens is 632 g/mol. The number of ketones is 2. The molecule has 0 saturated heterocycles. The quantitative estimate of drug-likeness (QED) is 0.0884. The molecule has 0 bridgehead atoms. The second kappa shape index (κ2) is 21.5. The van der Waals surface area contributed by atoms with Crippen LogP contribution in [0.1, 0.15) is 89.2 Å². The lowest BCUT2D eigenvalue weighted by Crippen LogP contribution is -2.47. The molecule has 2 unspecified atom stereocenters. The van der Waals surface area contributed by atoms with E-state index in [1.807, 2.05) is 48.5 Å². The van der Waals surface area contributed by atoms with E-state index in [9.17, 15) is 19.2 Å². The number of unbranched alkanes of at least 4 members (excludes halogenated alkanes) is 5. The van der Waals surface area contributed by atoms with Gasteiger partial charge in [0.25, 0.3) is 0 Å². The van der Waals surface area contributed by atoms with E-state index < -0.39 is 12.2 Å². The van der Waals surface area contributed by atoms with Gasteiger partial charge in [-0.1, -0.05) is 63.8 Å². The lowest BCUT2D eigenvalue weighted by atomic mass is 10.0. The molecular formula is C40H64N4O6+2. The van der Waals surface area contributed by atoms with Crippen molar-refractivity contribution < 1.29 is 37.6 Å². The minimum Gasteiger partial charge on any atom is -0.410 e. The van der Waals surface area contributed by atoms with Gasteiger partial charge in [-0.25, -0.2) is 9.59 Å². The second-order valence-corrected chi connectivity index (χ2v) is 14.8. The van der Waals surface area contributed by atoms with Crippen molar-refractivity contribution in [3.63, 3.8) is 0 Å². The third-order valence-electron chi connectivity index (χ3n) is 9.05. The summed E-state index contributed by atoms with van der Waals surface area (Å²) in [6.45, 7) is 8.10. The molecule has 0 aliphatic carbocycles. The van der Waals surface area contributed by atoms with Crippen LogP contribution in [0.5, 0.6) is 11.5 Å². The number of Topliss-reactive ketones (excluding diaryl/α,β-unsaturated/α-hetero) is 2. The Balaban J connectivity index is 1.88. The van der Waals surface area contributed by atoms with Crippen molar-refractivity contribution in [2.45, 2.75) is 91.1 Å². The molecule has 0 spiro atoms. The zero-order valence-corrected chi connectivity index (χ0v) is 32.2. The van der Waals surface area contributed by atoms with Crippen molar-refractivity contribution in [3.05, 3.63) is 59.7 Å². The Hall–Kier alpha value is -3.76. The summed E-state index contributed by atoms with van der Waals surface area (Å²) in [6, 6.07) is 15.1. The third kappa shape index (κ3) is 15.4. The van der Waals surface area contributed by atoms with Crippen LogP contribution in [-0.2, 0) is 22.7 Å². The topological polar surface area (TPSA) is 93.2 Å². The number of likely N-dealkylation sites (N-methyl/N-ethyl adjacent to an activating group) is 2. The number of ether oxygens (including phenoxy) is 2. The van der Waals surface area contributed by atoms with Gasteiger partial charge in [0, 0.05) is 52.2 Å². The molecule has 50 heavy (non-hydrogen) atoms. The van der Waals surface area contributed by atoms with Gasteiger partial charge in [-0.3, -0.25) is 9.59 Å². The van der Waals surface area contributed by atoms with Gasteiger partial charge in [-0.2, -0.15) is 0 Å². The van der Waals surface area contributed by atoms with Gasteiger partial charge in [0.05, 0.1) is 27.2 Å². The van der Waals surface area contributed by atoms with Crippen LogP contribution in [0.2, 0.25) is 0 Å². The minimum absolute atomic E-state index is 0.239. The van der Waals surface area contributed by atoms with Crippen LogP contribution < -0.4 is 9.47 Å². The first-order chi connectivity index (χ1) is 23.7. The van der Waals surface area contributed by atoms with Crippen molar-refractivity contribution in [2.75, 3.05) is 68.5 Å². The summed E-state index contributed by atoms with van der Waals surface area (Å²) in [7, 11) is 10.9. The second-order valence-electron chi connectivity index (χ2n) is 14.8. The largest absolute Gasteiger partial charge is 0.414 e. The molecule has 278 valence electrons. The monoisotopic (exact) mass is 696 g/mol. The molecule has 0 aliphatic heterocycles. The number of hydrogen-bond acceptors (Lipinski definition) is 6. The molecule has 0 aromatic heterocycles. The average molecular weight is 697 g/mol. The Kier molecular flexibility index (Phi) is 18.2. The molecule has 2 atom stereocenters. The maximum Gasteiger partial charge on any atom is 0.414 e. The number of benzene rings is 2. The normalized spacial score (nSPS) is 13.5. The first kappa shape index (κ1) is 42.4. The summed E-state index contributed by atoms with van der Waals surface area (Å²) in [6.07, 6.45) is 7.72. The predicted octanol–water partition coefficient (Wildman–Crippen LogP) is 7.48. The van der Waals surface area contributed by atoms with Gasteiger partial charge in [-0.05, 0) is 49.9 Å². The molecule has 0 heterocycles. The number of hydrogen-bond donors (Lipinski definition) is 0. The average Bonchev–Trinajstić information content (AvgIpc) is 3.06. The molecule has 0 N–H and O–H groups in total. The summed E-state index contributed by atoms with van der Waals surface area (Å²) < 4.78 is 12.4. The van der Waals surface area contributed by atoms with Gasteiger partial charge >= 0.3 is 12.2 Å². The fraction of sp³-hybridized carbons (Fsp3) is 0.600. The summed E-state index contributed by atoms with van der Waals surface area (Å²) >= 11 is 0. The molecule has 2 aromatic carbocycles. The van der Waals surface area contributed by atoms with Crippen LogP contribution in [0.4, 0.5) is 9.59 Å². The maximum absolute atomic E-state index is 13.2. The van der Waals surface area contributed by atoms with E-state index in [1.165, 1.54) is 9.80 Å². The lowest BCUT2D eigenvalue weighted by Gasteiger charge is -2.34. The van der Waals surface area contributed by atoms with Crippen molar-refractivity contribution in [1.29, 1.82) is 0 Å². The molecule has 0 fully saturated rings. The lowest BCUT2D eigenvalue weighted by molar-refractivity contribution is -0.915. The molecule has 0 aliphatic rings. The first-order valence-corrected chi connectivity index (χ1v) is 18.4. The Morgan fingerprint density at radius 1 is 0.560 bits per heavy atom. The Morgan fingerprint density at radius 3 is 1.26 bits per heavy atom. The summed E-state index contributed by atoms with van der Waals surface area (Å²) in [5, 5.41) is 0. The number of amides is 2. The number of quaternary nitrogens is 2. The van der Waals surface area contributed by atoms with Gasteiger partial charge in [0.1, 0.15) is 37.7 Å². The van der Waals surface area contributed by atoms with Gasteiger partial charge < -0.3 is 28.2 Å². The fourth-order valence-electron chi connectivity index (χ4n) is 6.18. The molecule has 0 saturated carbocycles. The van der Waals surface area contributed by atoms with Crippen LogP contribution in [0, 0.1) is 0 Å². The molecule has 2 amide bonds. The number of carbonyl (C=O) groups is 4. The SMILES string of the molecule is CCCC[N+](C)(CC(=O)CCCCCCC(=O)C[N+](C)(CCCC)Cc1ccccc1OC(=O)N(C)C)Cc1ccccc1OC(=O)N(C)C. The maximum atomic E-state index is 13.2. The third-order valence-corrected chi connectivity index (χ3v) is 9.05. The van der Waals surface area contributed by atoms with E-state index in [4.69, 9.17) is 9.47 Å². The van der Waals surface area contributed by atoms with E-state index in [2.05, 4.69) is 27.9 Å². The highest BCUT2D eigenvalue weighted by atomic mass is 16.6. The molecule has 10 nitrogen and oxygen atoms in total. The van der Waals surface area contributed by atoms with E-state index >= 15 is 0 Å². The fourth-order valence-corrected chi connectivity index (χ4v) is 6.18. The molecule has 0 radical (unpaired) electrons. The van der Waals surface area contributed by atoms with Crippen molar-refractivity contribution in [2.24, 2.45) is 0 Å². The van der Waals surface area contributed by atoms with Crippen LogP contribution in [0.15, 0.2) is 48.5 Å². The summed E-state index contributed by atoms with van der Waals surface area (Å²) in [5.41, 5.74) is 1.83. The number of nitrogens with zero attached hydrogens (tertiary/aromatic N) is 4. The summed E-state index contributed by atoms with van der Waals surface area (Å²) in [5.74, 6) is 1.55. The summed E-state index contributed by atoms with van der Waals surface area (Å²) in [4.78, 5) is 53.7. The van der Waals surface area contributed by atoms with Gasteiger partial charge in [0.2, 0.25) is 0 Å². The van der Waals surface area contributed by atoms with Gasteiger partial charge in [0.15, 0.2) is 11.6 Å². The van der Waals surface area contributed by atoms with E-state index in [0.717, 1.165) is 75.6 Å². The Morgan fingerprint density at radius 2 is 0.920 bits per heavy atom. The standard InChI is InChI=1S/C40H64N4O6/c1-9-11-27-43(7,29-33-21-17-19-25-37(33)49-39(47)41(3)4)31-35(45)23-15-13-14-16-24-36(46)32-44(8,28-12-10-2)30-34-22-18-20-26-38(34)50-40(48)42(5)6/h17-22,25-26H,9-16,23-24,27-32H2,1-8H3/q+2. The highest BCUT2D eigenvalue weighted by Crippen LogP contribution is 2.26. The van der Waals surface area contributed by atoms with Crippen molar-refractivity contribution in [3.8, 4) is 11.5 Å². The molecule has 2 aromatic rings. The number of rotatable bonds is 23. The van der Waals surface area contributed by atoms with Crippen LogP contribution >= 0.6 is 0 Å². The molecule has 2 rings (SSSR count). The highest BCUT2D eigenvalue weighted by Gasteiger charge is 2.29. The van der Waals surface area contributed by atoms with Crippen LogP contribution in [-0.4, -0.2) is 111 Å². The predicted molar refractivity (Wildman–Crippen MR) is 199 cm³/mol. The first-order valence-electron chi connectivity index (χ1n) is 18.4. The zero-order chi connectivity index (χ0) is 37.2. The van der Waals surface area contributed by atoms with Crippen molar-refractivity contribution in [1.82, 2.24) is 9.80 Å². The van der Waals surface area contributed by atoms with E-state index in [0.29, 0.717) is 59.5 Å². The van der Waals surface area contributed by atoms with Crippen LogP contribution in [0.3, 0.4) is 0 Å². The molecule has 10 heteroatoms. The smallest absolute Gasteiger partial charge is 0.410 e. The minimum atomic E-state index is -0.423. The van der Waals surface area contributed by atoms with Crippen LogP contribution in [0.25, 0.3) is 0 Å². The number of carbonyl (C=O) groups excluding carboxylic acids is 4. The van der Waals surface area contributed by atoms with E-state index in [-0.39, 0.29) is 11.6 Å². The highest BCUT2D eigenvalue weighted by molar-refractivity contribution is 5.80. The van der Waals surface area contributed by atoms with Crippen molar-refractivity contribution >= 4 is 23.8 Å². The van der Waals surface area contributed by atoms with E-state index in [1.54, 1.807) is 28.2 Å². The Labute approximate surface area is 301 Å².